The Labute approximate surface area is 276 Å². The average Bonchev–Trinajstić information content (AvgIpc) is 3.46. The maximum Gasteiger partial charge on any atom is 0.101 e. The van der Waals surface area contributed by atoms with Crippen LogP contribution in [0.25, 0.3) is 66.7 Å². The third kappa shape index (κ3) is 5.59. The van der Waals surface area contributed by atoms with E-state index in [9.17, 15) is 5.26 Å². The molecule has 0 bridgehead atoms. The molecule has 1 N–H and O–H groups in total. The van der Waals surface area contributed by atoms with E-state index in [0.29, 0.717) is 5.56 Å². The van der Waals surface area contributed by atoms with Crippen LogP contribution in [0, 0.1) is 11.3 Å². The van der Waals surface area contributed by atoms with Crippen LogP contribution in [0.5, 0.6) is 0 Å². The second-order valence-electron chi connectivity index (χ2n) is 14.4. The zero-order valence-corrected chi connectivity index (χ0v) is 27.8. The summed E-state index contributed by atoms with van der Waals surface area (Å²) in [6.45, 7) is 13.5. The predicted octanol–water partition coefficient (Wildman–Crippen LogP) is 11.2. The van der Waals surface area contributed by atoms with Crippen LogP contribution in [0.15, 0.2) is 115 Å². The zero-order chi connectivity index (χ0) is 32.9. The molecule has 4 aromatic carbocycles. The number of nitrogens with one attached hydrogen (secondary N) is 1. The second-order valence-corrected chi connectivity index (χ2v) is 14.4. The highest BCUT2D eigenvalue weighted by molar-refractivity contribution is 6.15. The number of H-pyrrole nitrogens is 1. The number of nitrogens with zero attached hydrogens (tertiary/aromatic N) is 3. The Hall–Kier alpha value is -5.53. The van der Waals surface area contributed by atoms with Crippen LogP contribution in [-0.2, 0) is 10.8 Å². The van der Waals surface area contributed by atoms with Gasteiger partial charge in [-0.15, -0.1) is 0 Å². The number of fused-ring (bicyclic) bond motifs is 3. The van der Waals surface area contributed by atoms with E-state index in [4.69, 9.17) is 9.97 Å². The van der Waals surface area contributed by atoms with Crippen molar-refractivity contribution in [3.8, 4) is 51.0 Å². The number of hydrogen-bond donors (Lipinski definition) is 1. The molecule has 4 nitrogen and oxygen atoms in total. The largest absolute Gasteiger partial charge is 0.353 e. The lowest BCUT2D eigenvalue weighted by Gasteiger charge is -2.21. The Morgan fingerprint density at radius 1 is 0.553 bits per heavy atom. The fourth-order valence-corrected chi connectivity index (χ4v) is 6.28. The summed E-state index contributed by atoms with van der Waals surface area (Å²) in [5, 5.41) is 12.3. The molecule has 3 heterocycles. The number of aromatic nitrogens is 3. The van der Waals surface area contributed by atoms with Crippen molar-refractivity contribution < 1.29 is 0 Å². The molecule has 7 rings (SSSR count). The van der Waals surface area contributed by atoms with E-state index in [-0.39, 0.29) is 10.8 Å². The topological polar surface area (TPSA) is 65.4 Å². The van der Waals surface area contributed by atoms with Gasteiger partial charge in [0, 0.05) is 39.2 Å². The second kappa shape index (κ2) is 11.4. The molecule has 4 heteroatoms. The van der Waals surface area contributed by atoms with Crippen molar-refractivity contribution in [3.63, 3.8) is 0 Å². The molecule has 0 aliphatic rings. The molecule has 230 valence electrons. The lowest BCUT2D eigenvalue weighted by molar-refractivity contribution is 0.590. The molecule has 0 unspecified atom stereocenters. The molecular weight excluding hydrogens is 573 g/mol. The third-order valence-electron chi connectivity index (χ3n) is 9.03. The lowest BCUT2D eigenvalue weighted by Crippen LogP contribution is -2.11. The van der Waals surface area contributed by atoms with Gasteiger partial charge in [0.15, 0.2) is 0 Å². The van der Waals surface area contributed by atoms with Gasteiger partial charge in [-0.05, 0) is 70.0 Å². The van der Waals surface area contributed by atoms with Crippen molar-refractivity contribution in [2.24, 2.45) is 0 Å². The molecule has 0 amide bonds. The van der Waals surface area contributed by atoms with Gasteiger partial charge in [0.25, 0.3) is 0 Å². The summed E-state index contributed by atoms with van der Waals surface area (Å²) in [6, 6.07) is 40.3. The van der Waals surface area contributed by atoms with Crippen LogP contribution in [-0.4, -0.2) is 15.0 Å². The molecule has 0 fully saturated rings. The lowest BCUT2D eigenvalue weighted by atomic mass is 9.83. The van der Waals surface area contributed by atoms with Gasteiger partial charge >= 0.3 is 0 Å². The van der Waals surface area contributed by atoms with Gasteiger partial charge in [-0.3, -0.25) is 4.98 Å². The van der Waals surface area contributed by atoms with E-state index in [1.165, 1.54) is 16.5 Å². The Balaban J connectivity index is 1.55. The molecule has 0 saturated carbocycles. The smallest absolute Gasteiger partial charge is 0.101 e. The summed E-state index contributed by atoms with van der Waals surface area (Å²) < 4.78 is 0. The summed E-state index contributed by atoms with van der Waals surface area (Å²) in [5.41, 5.74) is 12.7. The summed E-state index contributed by atoms with van der Waals surface area (Å²) >= 11 is 0. The fourth-order valence-electron chi connectivity index (χ4n) is 6.28. The van der Waals surface area contributed by atoms with Gasteiger partial charge in [-0.25, -0.2) is 4.98 Å². The number of benzene rings is 4. The molecular formula is C43H38N4. The summed E-state index contributed by atoms with van der Waals surface area (Å²) in [7, 11) is 0. The summed E-state index contributed by atoms with van der Waals surface area (Å²) in [4.78, 5) is 13.9. The molecule has 47 heavy (non-hydrogen) atoms. The van der Waals surface area contributed by atoms with Crippen LogP contribution in [0.1, 0.15) is 58.2 Å². The predicted molar refractivity (Wildman–Crippen MR) is 195 cm³/mol. The molecule has 0 radical (unpaired) electrons. The van der Waals surface area contributed by atoms with Gasteiger partial charge in [-0.1, -0.05) is 108 Å². The Morgan fingerprint density at radius 3 is 1.64 bits per heavy atom. The maximum atomic E-state index is 9.98. The minimum absolute atomic E-state index is 0.0761. The third-order valence-corrected chi connectivity index (χ3v) is 9.03. The van der Waals surface area contributed by atoms with Gasteiger partial charge in [-0.2, -0.15) is 5.26 Å². The normalized spacial score (nSPS) is 12.0. The van der Waals surface area contributed by atoms with Crippen molar-refractivity contribution in [1.29, 1.82) is 5.26 Å². The standard InChI is InChI=1S/C43H38N4/c1-42(2,3)30-20-33-34-21-31(43(4,5)6)23-36(39-24-32(29(25-44)26-45-39)27-14-9-7-10-15-27)41(34)47-40(33)35(22-30)38-19-13-18-37(46-38)28-16-11-8-12-17-28/h7-24,26,47H,1-6H3. The minimum Gasteiger partial charge on any atom is -0.353 e. The van der Waals surface area contributed by atoms with Crippen molar-refractivity contribution >= 4 is 21.8 Å². The monoisotopic (exact) mass is 610 g/mol. The Kier molecular flexibility index (Phi) is 7.29. The molecule has 7 aromatic rings. The molecule has 0 atom stereocenters. The van der Waals surface area contributed by atoms with Gasteiger partial charge in [0.2, 0.25) is 0 Å². The van der Waals surface area contributed by atoms with Crippen LogP contribution in [0.2, 0.25) is 0 Å². The summed E-state index contributed by atoms with van der Waals surface area (Å²) in [6.07, 6.45) is 1.71. The molecule has 0 aliphatic heterocycles. The zero-order valence-electron chi connectivity index (χ0n) is 27.8. The van der Waals surface area contributed by atoms with Gasteiger partial charge < -0.3 is 4.98 Å². The first-order chi connectivity index (χ1) is 22.5. The summed E-state index contributed by atoms with van der Waals surface area (Å²) in [5.74, 6) is 0. The van der Waals surface area contributed by atoms with Crippen LogP contribution in [0.4, 0.5) is 0 Å². The Morgan fingerprint density at radius 2 is 1.09 bits per heavy atom. The van der Waals surface area contributed by atoms with Crippen LogP contribution >= 0.6 is 0 Å². The Bertz CT molecular complexity index is 2310. The van der Waals surface area contributed by atoms with Crippen molar-refractivity contribution in [2.45, 2.75) is 52.4 Å². The molecule has 0 spiro atoms. The number of hydrogen-bond acceptors (Lipinski definition) is 3. The van der Waals surface area contributed by atoms with E-state index in [1.54, 1.807) is 6.20 Å². The van der Waals surface area contributed by atoms with E-state index >= 15 is 0 Å². The number of pyridine rings is 2. The van der Waals surface area contributed by atoms with E-state index in [0.717, 1.165) is 61.3 Å². The van der Waals surface area contributed by atoms with Gasteiger partial charge in [0.05, 0.1) is 33.7 Å². The first-order valence-corrected chi connectivity index (χ1v) is 16.1. The van der Waals surface area contributed by atoms with Crippen LogP contribution < -0.4 is 0 Å². The highest BCUT2D eigenvalue weighted by Crippen LogP contribution is 2.42. The first-order valence-electron chi connectivity index (χ1n) is 16.1. The average molecular weight is 611 g/mol. The van der Waals surface area contributed by atoms with Crippen molar-refractivity contribution in [3.05, 3.63) is 132 Å². The van der Waals surface area contributed by atoms with Crippen molar-refractivity contribution in [2.75, 3.05) is 0 Å². The van der Waals surface area contributed by atoms with E-state index < -0.39 is 0 Å². The molecule has 0 saturated heterocycles. The van der Waals surface area contributed by atoms with Gasteiger partial charge in [0.1, 0.15) is 6.07 Å². The first kappa shape index (κ1) is 30.1. The molecule has 3 aromatic heterocycles. The number of nitriles is 1. The molecule has 0 aliphatic carbocycles. The minimum atomic E-state index is -0.0998. The maximum absolute atomic E-state index is 9.98. The highest BCUT2D eigenvalue weighted by atomic mass is 14.8. The van der Waals surface area contributed by atoms with E-state index in [1.807, 2.05) is 36.4 Å². The highest BCUT2D eigenvalue weighted by Gasteiger charge is 2.24. The number of aromatic amines is 1. The van der Waals surface area contributed by atoms with Crippen molar-refractivity contribution in [1.82, 2.24) is 15.0 Å². The quantitative estimate of drug-likeness (QED) is 0.216. The van der Waals surface area contributed by atoms with E-state index in [2.05, 4.69) is 125 Å². The van der Waals surface area contributed by atoms with Crippen LogP contribution in [0.3, 0.4) is 0 Å². The number of rotatable bonds is 4. The fraction of sp³-hybridized carbons (Fsp3) is 0.186. The SMILES string of the molecule is CC(C)(C)c1cc(-c2cc(-c3ccccc3)c(C#N)cn2)c2[nH]c3c(-c4cccc(-c5ccccc5)n4)cc(C(C)(C)C)cc3c2c1.